The third-order valence-electron chi connectivity index (χ3n) is 5.37. The fraction of sp³-hybridized carbons (Fsp3) is 0.600. The van der Waals surface area contributed by atoms with E-state index in [1.807, 2.05) is 4.90 Å². The minimum atomic E-state index is -0.115. The van der Waals surface area contributed by atoms with Gasteiger partial charge in [0.15, 0.2) is 11.5 Å². The second kappa shape index (κ2) is 9.08. The summed E-state index contributed by atoms with van der Waals surface area (Å²) >= 11 is 0. The van der Waals surface area contributed by atoms with Crippen LogP contribution in [0.1, 0.15) is 37.0 Å². The Morgan fingerprint density at radius 2 is 1.78 bits per heavy atom. The average Bonchev–Trinajstić information content (AvgIpc) is 3.17. The molecule has 0 spiro atoms. The molecule has 1 N–H and O–H groups in total. The molecule has 0 unspecified atom stereocenters. The topological polar surface area (TPSA) is 71.1 Å². The molecule has 0 radical (unpaired) electrons. The first-order valence-electron chi connectivity index (χ1n) is 9.81. The van der Waals surface area contributed by atoms with Crippen molar-refractivity contribution in [2.45, 2.75) is 26.7 Å². The number of benzene rings is 1. The van der Waals surface area contributed by atoms with E-state index in [2.05, 4.69) is 24.1 Å². The normalized spacial score (nSPS) is 16.6. The third-order valence-corrected chi connectivity index (χ3v) is 5.37. The van der Waals surface area contributed by atoms with E-state index >= 15 is 0 Å². The number of amides is 2. The molecule has 2 heterocycles. The molecule has 1 aromatic carbocycles. The maximum absolute atomic E-state index is 12.4. The first-order chi connectivity index (χ1) is 13.1. The molecule has 0 atom stereocenters. The van der Waals surface area contributed by atoms with Crippen LogP contribution < -0.4 is 14.8 Å². The molecule has 2 amide bonds. The van der Waals surface area contributed by atoms with Crippen LogP contribution in [0.15, 0.2) is 18.2 Å². The van der Waals surface area contributed by atoms with Crippen molar-refractivity contribution in [3.63, 3.8) is 0 Å². The third kappa shape index (κ3) is 4.71. The predicted molar refractivity (Wildman–Crippen MR) is 102 cm³/mol. The Balaban J connectivity index is 1.39. The van der Waals surface area contributed by atoms with Gasteiger partial charge in [-0.2, -0.15) is 0 Å². The second-order valence-electron chi connectivity index (χ2n) is 7.00. The molecule has 7 heteroatoms. The lowest BCUT2D eigenvalue weighted by atomic mass is 10.0. The molecule has 0 aliphatic carbocycles. The van der Waals surface area contributed by atoms with Crippen LogP contribution >= 0.6 is 0 Å². The molecule has 0 bridgehead atoms. The van der Waals surface area contributed by atoms with Crippen molar-refractivity contribution in [3.8, 4) is 11.5 Å². The van der Waals surface area contributed by atoms with Crippen molar-refractivity contribution < 1.29 is 19.1 Å². The minimum Gasteiger partial charge on any atom is -0.454 e. The molecule has 0 aromatic heterocycles. The number of hydrogen-bond donors (Lipinski definition) is 1. The SMILES string of the molecule is CCC(CC)C(=O)N1CCN(CCNC(=O)c2ccc3c(c2)OCO3)CC1. The van der Waals surface area contributed by atoms with Crippen molar-refractivity contribution >= 4 is 11.8 Å². The molecule has 1 saturated heterocycles. The van der Waals surface area contributed by atoms with Crippen LogP contribution in [0.4, 0.5) is 0 Å². The summed E-state index contributed by atoms with van der Waals surface area (Å²) in [5.74, 6) is 1.61. The van der Waals surface area contributed by atoms with Crippen LogP contribution in [-0.4, -0.2) is 67.7 Å². The number of carbonyl (C=O) groups is 2. The van der Waals surface area contributed by atoms with Crippen molar-refractivity contribution in [2.24, 2.45) is 5.92 Å². The monoisotopic (exact) mass is 375 g/mol. The van der Waals surface area contributed by atoms with Gasteiger partial charge in [-0.1, -0.05) is 13.8 Å². The molecule has 2 aliphatic rings. The van der Waals surface area contributed by atoms with E-state index in [0.29, 0.717) is 23.6 Å². The lowest BCUT2D eigenvalue weighted by Crippen LogP contribution is -2.51. The Labute approximate surface area is 160 Å². The molecule has 2 aliphatic heterocycles. The maximum atomic E-state index is 12.4. The minimum absolute atomic E-state index is 0.115. The molecular weight excluding hydrogens is 346 g/mol. The maximum Gasteiger partial charge on any atom is 0.251 e. The highest BCUT2D eigenvalue weighted by molar-refractivity contribution is 5.94. The number of hydrogen-bond acceptors (Lipinski definition) is 5. The molecule has 148 valence electrons. The average molecular weight is 375 g/mol. The van der Waals surface area contributed by atoms with E-state index in [-0.39, 0.29) is 24.5 Å². The van der Waals surface area contributed by atoms with Crippen molar-refractivity contribution in [2.75, 3.05) is 46.1 Å². The number of fused-ring (bicyclic) bond motifs is 1. The van der Waals surface area contributed by atoms with Gasteiger partial charge in [-0.3, -0.25) is 14.5 Å². The quantitative estimate of drug-likeness (QED) is 0.786. The zero-order chi connectivity index (χ0) is 19.2. The van der Waals surface area contributed by atoms with Gasteiger partial charge in [0.05, 0.1) is 0 Å². The number of carbonyl (C=O) groups excluding carboxylic acids is 2. The Morgan fingerprint density at radius 3 is 2.48 bits per heavy atom. The number of ether oxygens (including phenoxy) is 2. The molecule has 27 heavy (non-hydrogen) atoms. The van der Waals surface area contributed by atoms with Gasteiger partial charge in [0.1, 0.15) is 0 Å². The summed E-state index contributed by atoms with van der Waals surface area (Å²) in [7, 11) is 0. The second-order valence-corrected chi connectivity index (χ2v) is 7.00. The number of nitrogens with one attached hydrogen (secondary N) is 1. The van der Waals surface area contributed by atoms with Crippen LogP contribution in [0.2, 0.25) is 0 Å². The van der Waals surface area contributed by atoms with Crippen molar-refractivity contribution in [1.29, 1.82) is 0 Å². The van der Waals surface area contributed by atoms with Crippen LogP contribution in [0, 0.1) is 5.92 Å². The highest BCUT2D eigenvalue weighted by atomic mass is 16.7. The van der Waals surface area contributed by atoms with Crippen LogP contribution in [-0.2, 0) is 4.79 Å². The molecule has 0 saturated carbocycles. The first-order valence-corrected chi connectivity index (χ1v) is 9.81. The van der Waals surface area contributed by atoms with Gasteiger partial charge in [-0.05, 0) is 31.0 Å². The van der Waals surface area contributed by atoms with E-state index < -0.39 is 0 Å². The molecule has 3 rings (SSSR count). The fourth-order valence-corrected chi connectivity index (χ4v) is 3.56. The van der Waals surface area contributed by atoms with E-state index in [0.717, 1.165) is 45.6 Å². The Hall–Kier alpha value is -2.28. The van der Waals surface area contributed by atoms with Gasteiger partial charge in [0, 0.05) is 50.7 Å². The zero-order valence-electron chi connectivity index (χ0n) is 16.2. The van der Waals surface area contributed by atoms with Crippen molar-refractivity contribution in [1.82, 2.24) is 15.1 Å². The first kappa shape index (κ1) is 19.5. The van der Waals surface area contributed by atoms with Gasteiger partial charge in [-0.15, -0.1) is 0 Å². The molecule has 1 aromatic rings. The highest BCUT2D eigenvalue weighted by Crippen LogP contribution is 2.32. The lowest BCUT2D eigenvalue weighted by Gasteiger charge is -2.36. The van der Waals surface area contributed by atoms with Crippen LogP contribution in [0.25, 0.3) is 0 Å². The Bertz CT molecular complexity index is 667. The smallest absolute Gasteiger partial charge is 0.251 e. The summed E-state index contributed by atoms with van der Waals surface area (Å²) in [5.41, 5.74) is 0.569. The summed E-state index contributed by atoms with van der Waals surface area (Å²) in [4.78, 5) is 29.0. The Kier molecular flexibility index (Phi) is 6.55. The van der Waals surface area contributed by atoms with E-state index in [1.165, 1.54) is 0 Å². The number of rotatable bonds is 7. The summed E-state index contributed by atoms with van der Waals surface area (Å²) in [5, 5.41) is 2.95. The Morgan fingerprint density at radius 1 is 1.07 bits per heavy atom. The lowest BCUT2D eigenvalue weighted by molar-refractivity contribution is -0.137. The predicted octanol–water partition coefficient (Wildman–Crippen LogP) is 1.73. The molecule has 7 nitrogen and oxygen atoms in total. The summed E-state index contributed by atoms with van der Waals surface area (Å²) in [6, 6.07) is 5.21. The van der Waals surface area contributed by atoms with Gasteiger partial charge in [0.2, 0.25) is 12.7 Å². The molecule has 1 fully saturated rings. The van der Waals surface area contributed by atoms with Crippen LogP contribution in [0.5, 0.6) is 11.5 Å². The fourth-order valence-electron chi connectivity index (χ4n) is 3.56. The van der Waals surface area contributed by atoms with E-state index in [9.17, 15) is 9.59 Å². The number of nitrogens with zero attached hydrogens (tertiary/aromatic N) is 2. The van der Waals surface area contributed by atoms with Crippen molar-refractivity contribution in [3.05, 3.63) is 23.8 Å². The summed E-state index contributed by atoms with van der Waals surface area (Å²) in [6.07, 6.45) is 1.81. The van der Waals surface area contributed by atoms with E-state index in [1.54, 1.807) is 18.2 Å². The summed E-state index contributed by atoms with van der Waals surface area (Å²) in [6.45, 7) is 8.95. The van der Waals surface area contributed by atoms with Gasteiger partial charge >= 0.3 is 0 Å². The summed E-state index contributed by atoms with van der Waals surface area (Å²) < 4.78 is 10.6. The highest BCUT2D eigenvalue weighted by Gasteiger charge is 2.25. The standard InChI is InChI=1S/C20H29N3O4/c1-3-15(4-2)20(25)23-11-9-22(10-12-23)8-7-21-19(24)16-5-6-17-18(13-16)27-14-26-17/h5-6,13,15H,3-4,7-12,14H2,1-2H3,(H,21,24). The zero-order valence-corrected chi connectivity index (χ0v) is 16.2. The largest absolute Gasteiger partial charge is 0.454 e. The van der Waals surface area contributed by atoms with Gasteiger partial charge in [0.25, 0.3) is 5.91 Å². The molecular formula is C20H29N3O4. The van der Waals surface area contributed by atoms with Gasteiger partial charge in [-0.25, -0.2) is 0 Å². The van der Waals surface area contributed by atoms with Gasteiger partial charge < -0.3 is 19.7 Å². The number of piperazine rings is 1. The van der Waals surface area contributed by atoms with Crippen LogP contribution in [0.3, 0.4) is 0 Å². The van der Waals surface area contributed by atoms with E-state index in [4.69, 9.17) is 9.47 Å².